The molecule has 3 aromatic carbocycles. The van der Waals surface area contributed by atoms with E-state index in [1.165, 1.54) is 25.3 Å². The summed E-state index contributed by atoms with van der Waals surface area (Å²) in [6.45, 7) is 2.93. The maximum atomic E-state index is 14.2. The lowest BCUT2D eigenvalue weighted by molar-refractivity contribution is 0.0693. The zero-order valence-electron chi connectivity index (χ0n) is 18.2. The quantitative estimate of drug-likeness (QED) is 0.436. The minimum absolute atomic E-state index is 0.00691. The zero-order valence-corrected chi connectivity index (χ0v) is 18.2. The molecule has 0 saturated heterocycles. The molecular weight excluding hydrogens is 413 g/mol. The molecule has 0 aliphatic rings. The van der Waals surface area contributed by atoms with Gasteiger partial charge in [-0.2, -0.15) is 0 Å². The van der Waals surface area contributed by atoms with Gasteiger partial charge in [-0.15, -0.1) is 0 Å². The van der Waals surface area contributed by atoms with Crippen LogP contribution in [0.3, 0.4) is 0 Å². The number of ether oxygens (including phenoxy) is 3. The van der Waals surface area contributed by atoms with Gasteiger partial charge in [-0.1, -0.05) is 18.2 Å². The predicted octanol–water partition coefficient (Wildman–Crippen LogP) is 4.94. The largest absolute Gasteiger partial charge is 0.497 e. The summed E-state index contributed by atoms with van der Waals surface area (Å²) in [5.74, 6) is -0.186. The number of hydrogen-bond donors (Lipinski definition) is 2. The molecule has 3 aromatic rings. The Morgan fingerprint density at radius 2 is 1.81 bits per heavy atom. The first-order valence-corrected chi connectivity index (χ1v) is 10.1. The Morgan fingerprint density at radius 1 is 1.00 bits per heavy atom. The van der Waals surface area contributed by atoms with Gasteiger partial charge in [0.1, 0.15) is 35.2 Å². The minimum atomic E-state index is -1.12. The van der Waals surface area contributed by atoms with Gasteiger partial charge < -0.3 is 24.6 Å². The fourth-order valence-electron chi connectivity index (χ4n) is 3.34. The molecule has 0 aliphatic carbocycles. The number of carbonyl (C=O) groups is 1. The van der Waals surface area contributed by atoms with Crippen LogP contribution in [0, 0.1) is 5.82 Å². The van der Waals surface area contributed by atoms with E-state index < -0.39 is 11.8 Å². The second-order valence-corrected chi connectivity index (χ2v) is 7.20. The second-order valence-electron chi connectivity index (χ2n) is 7.20. The lowest BCUT2D eigenvalue weighted by Gasteiger charge is -2.16. The van der Waals surface area contributed by atoms with Crippen LogP contribution in [0.15, 0.2) is 60.7 Å². The number of methoxy groups -OCH3 is 2. The summed E-state index contributed by atoms with van der Waals surface area (Å²) in [5, 5.41) is 12.7. The maximum absolute atomic E-state index is 14.2. The molecule has 32 heavy (non-hydrogen) atoms. The summed E-state index contributed by atoms with van der Waals surface area (Å²) in [5.41, 5.74) is 2.17. The third-order valence-corrected chi connectivity index (χ3v) is 5.05. The molecule has 0 amide bonds. The zero-order chi connectivity index (χ0) is 23.1. The van der Waals surface area contributed by atoms with Crippen molar-refractivity contribution in [1.82, 2.24) is 5.32 Å². The predicted molar refractivity (Wildman–Crippen MR) is 120 cm³/mol. The lowest BCUT2D eigenvalue weighted by Crippen LogP contribution is -2.24. The SMILES string of the molecule is COc1cccc(C(C)NCCOc2cc(F)cc(-c3ccc(OC)c(C(=O)O)c3)c2)c1. The molecule has 0 aromatic heterocycles. The van der Waals surface area contributed by atoms with Crippen molar-refractivity contribution in [2.24, 2.45) is 0 Å². The van der Waals surface area contributed by atoms with E-state index in [-0.39, 0.29) is 17.4 Å². The molecule has 6 nitrogen and oxygen atoms in total. The smallest absolute Gasteiger partial charge is 0.339 e. The van der Waals surface area contributed by atoms with Crippen LogP contribution in [-0.4, -0.2) is 38.4 Å². The number of carboxylic acid groups (broad SMARTS) is 1. The van der Waals surface area contributed by atoms with Crippen LogP contribution in [0.2, 0.25) is 0 Å². The highest BCUT2D eigenvalue weighted by Crippen LogP contribution is 2.30. The maximum Gasteiger partial charge on any atom is 0.339 e. The van der Waals surface area contributed by atoms with Crippen molar-refractivity contribution in [1.29, 1.82) is 0 Å². The van der Waals surface area contributed by atoms with E-state index in [1.54, 1.807) is 25.3 Å². The van der Waals surface area contributed by atoms with E-state index in [0.29, 0.717) is 30.0 Å². The summed E-state index contributed by atoms with van der Waals surface area (Å²) in [6, 6.07) is 16.9. The van der Waals surface area contributed by atoms with E-state index in [4.69, 9.17) is 14.2 Å². The van der Waals surface area contributed by atoms with Crippen LogP contribution in [0.4, 0.5) is 4.39 Å². The Kier molecular flexibility index (Phi) is 7.68. The summed E-state index contributed by atoms with van der Waals surface area (Å²) in [7, 11) is 3.03. The highest BCUT2D eigenvalue weighted by atomic mass is 19.1. The van der Waals surface area contributed by atoms with Gasteiger partial charge in [0.15, 0.2) is 0 Å². The molecule has 2 N–H and O–H groups in total. The van der Waals surface area contributed by atoms with Crippen molar-refractivity contribution < 1.29 is 28.5 Å². The van der Waals surface area contributed by atoms with Gasteiger partial charge in [-0.25, -0.2) is 9.18 Å². The first-order chi connectivity index (χ1) is 15.4. The van der Waals surface area contributed by atoms with Gasteiger partial charge in [0.2, 0.25) is 0 Å². The van der Waals surface area contributed by atoms with Gasteiger partial charge in [0.05, 0.1) is 14.2 Å². The Morgan fingerprint density at radius 3 is 2.53 bits per heavy atom. The number of benzene rings is 3. The number of carboxylic acids is 1. The Balaban J connectivity index is 1.65. The van der Waals surface area contributed by atoms with Crippen LogP contribution in [0.25, 0.3) is 11.1 Å². The molecule has 0 bridgehead atoms. The van der Waals surface area contributed by atoms with Crippen LogP contribution in [0.5, 0.6) is 17.2 Å². The molecule has 7 heteroatoms. The minimum Gasteiger partial charge on any atom is -0.497 e. The fourth-order valence-corrected chi connectivity index (χ4v) is 3.34. The van der Waals surface area contributed by atoms with E-state index in [1.807, 2.05) is 31.2 Å². The Labute approximate surface area is 186 Å². The van der Waals surface area contributed by atoms with Gasteiger partial charge in [-0.05, 0) is 60.0 Å². The normalized spacial score (nSPS) is 11.6. The standard InChI is InChI=1S/C25H26FNO5/c1-16(17-5-4-6-21(12-17)30-2)27-9-10-32-22-13-19(11-20(26)15-22)18-7-8-24(31-3)23(14-18)25(28)29/h4-8,11-16,27H,9-10H2,1-3H3,(H,28,29). The molecule has 0 aliphatic heterocycles. The molecule has 0 radical (unpaired) electrons. The topological polar surface area (TPSA) is 77.0 Å². The van der Waals surface area contributed by atoms with Gasteiger partial charge >= 0.3 is 5.97 Å². The highest BCUT2D eigenvalue weighted by molar-refractivity contribution is 5.92. The molecule has 0 saturated carbocycles. The third kappa shape index (κ3) is 5.76. The first-order valence-electron chi connectivity index (χ1n) is 10.1. The molecule has 168 valence electrons. The molecule has 1 unspecified atom stereocenters. The molecular formula is C25H26FNO5. The number of hydrogen-bond acceptors (Lipinski definition) is 5. The van der Waals surface area contributed by atoms with Crippen molar-refractivity contribution in [3.63, 3.8) is 0 Å². The fraction of sp³-hybridized carbons (Fsp3) is 0.240. The van der Waals surface area contributed by atoms with Crippen LogP contribution in [-0.2, 0) is 0 Å². The summed E-state index contributed by atoms with van der Waals surface area (Å²) in [4.78, 5) is 11.5. The highest BCUT2D eigenvalue weighted by Gasteiger charge is 2.14. The molecule has 0 fully saturated rings. The number of halogens is 1. The summed E-state index contributed by atoms with van der Waals surface area (Å²) >= 11 is 0. The lowest BCUT2D eigenvalue weighted by atomic mass is 10.0. The number of rotatable bonds is 10. The molecule has 3 rings (SSSR count). The Bertz CT molecular complexity index is 1090. The molecule has 0 spiro atoms. The third-order valence-electron chi connectivity index (χ3n) is 5.05. The van der Waals surface area contributed by atoms with E-state index in [9.17, 15) is 14.3 Å². The summed E-state index contributed by atoms with van der Waals surface area (Å²) < 4.78 is 30.3. The van der Waals surface area contributed by atoms with Crippen molar-refractivity contribution in [3.8, 4) is 28.4 Å². The average molecular weight is 439 g/mol. The number of nitrogens with one attached hydrogen (secondary N) is 1. The molecule has 1 atom stereocenters. The average Bonchev–Trinajstić information content (AvgIpc) is 2.80. The van der Waals surface area contributed by atoms with E-state index in [0.717, 1.165) is 11.3 Å². The van der Waals surface area contributed by atoms with Gasteiger partial charge in [0, 0.05) is 18.7 Å². The Hall–Kier alpha value is -3.58. The van der Waals surface area contributed by atoms with Crippen molar-refractivity contribution in [2.75, 3.05) is 27.4 Å². The van der Waals surface area contributed by atoms with Gasteiger partial charge in [-0.3, -0.25) is 0 Å². The van der Waals surface area contributed by atoms with Crippen LogP contribution < -0.4 is 19.5 Å². The summed E-state index contributed by atoms with van der Waals surface area (Å²) in [6.07, 6.45) is 0. The van der Waals surface area contributed by atoms with Crippen LogP contribution >= 0.6 is 0 Å². The van der Waals surface area contributed by atoms with Crippen LogP contribution in [0.1, 0.15) is 28.9 Å². The van der Waals surface area contributed by atoms with Crippen molar-refractivity contribution in [3.05, 3.63) is 77.6 Å². The monoisotopic (exact) mass is 439 g/mol. The number of aromatic carboxylic acids is 1. The second kappa shape index (κ2) is 10.6. The molecule has 0 heterocycles. The van der Waals surface area contributed by atoms with Crippen molar-refractivity contribution in [2.45, 2.75) is 13.0 Å². The van der Waals surface area contributed by atoms with Crippen molar-refractivity contribution >= 4 is 5.97 Å². The first kappa shape index (κ1) is 23.1. The van der Waals surface area contributed by atoms with E-state index >= 15 is 0 Å². The van der Waals surface area contributed by atoms with E-state index in [2.05, 4.69) is 5.32 Å². The van der Waals surface area contributed by atoms with Gasteiger partial charge in [0.25, 0.3) is 0 Å².